The molecule has 0 saturated carbocycles. The lowest BCUT2D eigenvalue weighted by Gasteiger charge is -2.35. The van der Waals surface area contributed by atoms with Crippen LogP contribution in [0.4, 0.5) is 11.8 Å². The molecule has 0 spiro atoms. The topological polar surface area (TPSA) is 73.5 Å². The third kappa shape index (κ3) is 4.99. The second kappa shape index (κ2) is 9.36. The smallest absolute Gasteiger partial charge is 0.222 e. The summed E-state index contributed by atoms with van der Waals surface area (Å²) in [7, 11) is 2.15. The van der Waals surface area contributed by atoms with Crippen molar-refractivity contribution in [1.29, 1.82) is 0 Å². The molecule has 0 unspecified atom stereocenters. The minimum atomic E-state index is 0.330. The maximum absolute atomic E-state index is 6.11. The molecule has 1 aromatic heterocycles. The number of hydrogen-bond donors (Lipinski definition) is 2. The van der Waals surface area contributed by atoms with Crippen LogP contribution < -0.4 is 16.0 Å². The van der Waals surface area contributed by atoms with Gasteiger partial charge in [-0.2, -0.15) is 4.98 Å². The van der Waals surface area contributed by atoms with Crippen LogP contribution in [-0.4, -0.2) is 65.6 Å². The normalized spacial score (nSPS) is 17.9. The fraction of sp³-hybridized carbons (Fsp3) is 0.520. The molecule has 1 saturated heterocycles. The number of nitrogen functional groups attached to an aromatic ring is 1. The average molecular weight is 436 g/mol. The molecular formula is C25H37N7. The molecule has 7 heteroatoms. The zero-order valence-corrected chi connectivity index (χ0v) is 19.9. The summed E-state index contributed by atoms with van der Waals surface area (Å²) in [5.41, 5.74) is 10.8. The van der Waals surface area contributed by atoms with E-state index in [-0.39, 0.29) is 0 Å². The molecule has 1 fully saturated rings. The van der Waals surface area contributed by atoms with E-state index < -0.39 is 0 Å². The number of nitrogens with zero attached hydrogens (tertiary/aromatic N) is 5. The van der Waals surface area contributed by atoms with Gasteiger partial charge < -0.3 is 25.8 Å². The first-order valence-corrected chi connectivity index (χ1v) is 11.7. The number of rotatable bonds is 6. The van der Waals surface area contributed by atoms with Crippen molar-refractivity contribution in [3.8, 4) is 11.3 Å². The highest BCUT2D eigenvalue weighted by molar-refractivity contribution is 5.66. The van der Waals surface area contributed by atoms with Gasteiger partial charge in [-0.15, -0.1) is 0 Å². The number of fused-ring (bicyclic) bond motifs is 1. The van der Waals surface area contributed by atoms with E-state index in [2.05, 4.69) is 88.6 Å². The number of nitrogens with one attached hydrogen (secondary N) is 1. The Labute approximate surface area is 192 Å². The molecule has 3 heterocycles. The number of likely N-dealkylation sites (N-methyl/N-ethyl adjacent to an activating group) is 1. The number of hydrogen-bond acceptors (Lipinski definition) is 7. The lowest BCUT2D eigenvalue weighted by Crippen LogP contribution is -2.44. The highest BCUT2D eigenvalue weighted by Gasteiger charge is 2.21. The van der Waals surface area contributed by atoms with E-state index in [0.717, 1.165) is 68.6 Å². The van der Waals surface area contributed by atoms with Crippen LogP contribution in [-0.2, 0) is 13.0 Å². The standard InChI is InChI=1S/C25H37N7/c1-17(2)18(3)27-19(4)32-9-8-20-6-7-21(14-22(20)16-32)23-15-24(29-25(26)28-23)31-12-10-30(5)11-13-31/h6-7,14-15,17-18,27H,4,8-13,16H2,1-3,5H3,(H2,26,28,29)/t18-/m1/s1. The Balaban J connectivity index is 1.54. The van der Waals surface area contributed by atoms with Crippen LogP contribution in [0.1, 0.15) is 31.9 Å². The van der Waals surface area contributed by atoms with Crippen molar-refractivity contribution in [3.63, 3.8) is 0 Å². The Hall–Kier alpha value is -2.80. The fourth-order valence-electron chi connectivity index (χ4n) is 4.27. The van der Waals surface area contributed by atoms with Gasteiger partial charge in [0.1, 0.15) is 5.82 Å². The first-order chi connectivity index (χ1) is 15.3. The first kappa shape index (κ1) is 22.4. The van der Waals surface area contributed by atoms with Gasteiger partial charge in [0, 0.05) is 56.9 Å². The molecule has 0 radical (unpaired) electrons. The summed E-state index contributed by atoms with van der Waals surface area (Å²) in [6.45, 7) is 16.8. The molecule has 2 aliphatic heterocycles. The van der Waals surface area contributed by atoms with Gasteiger partial charge in [-0.1, -0.05) is 32.6 Å². The zero-order valence-electron chi connectivity index (χ0n) is 19.9. The molecule has 0 amide bonds. The van der Waals surface area contributed by atoms with E-state index in [1.165, 1.54) is 11.1 Å². The Morgan fingerprint density at radius 1 is 1.03 bits per heavy atom. The van der Waals surface area contributed by atoms with Gasteiger partial charge in [0.15, 0.2) is 0 Å². The molecule has 7 nitrogen and oxygen atoms in total. The summed E-state index contributed by atoms with van der Waals surface area (Å²) < 4.78 is 0. The molecule has 4 rings (SSSR count). The quantitative estimate of drug-likeness (QED) is 0.723. The van der Waals surface area contributed by atoms with E-state index in [4.69, 9.17) is 5.73 Å². The van der Waals surface area contributed by atoms with Crippen molar-refractivity contribution in [2.24, 2.45) is 5.92 Å². The third-order valence-corrected chi connectivity index (χ3v) is 6.85. The van der Waals surface area contributed by atoms with Crippen LogP contribution >= 0.6 is 0 Å². The molecule has 3 N–H and O–H groups in total. The second-order valence-corrected chi connectivity index (χ2v) is 9.54. The summed E-state index contributed by atoms with van der Waals surface area (Å²) in [5, 5.41) is 3.57. The molecule has 1 aromatic carbocycles. The van der Waals surface area contributed by atoms with Gasteiger partial charge in [-0.3, -0.25) is 0 Å². The fourth-order valence-corrected chi connectivity index (χ4v) is 4.27. The van der Waals surface area contributed by atoms with Gasteiger partial charge in [-0.05, 0) is 43.5 Å². The predicted molar refractivity (Wildman–Crippen MR) is 132 cm³/mol. The van der Waals surface area contributed by atoms with E-state index in [0.29, 0.717) is 17.9 Å². The molecule has 2 aliphatic rings. The first-order valence-electron chi connectivity index (χ1n) is 11.7. The van der Waals surface area contributed by atoms with Crippen LogP contribution in [0, 0.1) is 5.92 Å². The van der Waals surface area contributed by atoms with Crippen molar-refractivity contribution in [1.82, 2.24) is 25.1 Å². The largest absolute Gasteiger partial charge is 0.370 e. The van der Waals surface area contributed by atoms with Gasteiger partial charge in [0.2, 0.25) is 5.95 Å². The van der Waals surface area contributed by atoms with Crippen LogP contribution in [0.3, 0.4) is 0 Å². The summed E-state index contributed by atoms with van der Waals surface area (Å²) >= 11 is 0. The van der Waals surface area contributed by atoms with Crippen LogP contribution in [0.5, 0.6) is 0 Å². The molecule has 0 aliphatic carbocycles. The molecule has 1 atom stereocenters. The minimum Gasteiger partial charge on any atom is -0.370 e. The second-order valence-electron chi connectivity index (χ2n) is 9.54. The van der Waals surface area contributed by atoms with Crippen molar-refractivity contribution in [2.75, 3.05) is 50.4 Å². The van der Waals surface area contributed by atoms with E-state index in [1.807, 2.05) is 0 Å². The summed E-state index contributed by atoms with van der Waals surface area (Å²) in [5.74, 6) is 2.82. The van der Waals surface area contributed by atoms with Crippen LogP contribution in [0.25, 0.3) is 11.3 Å². The molecule has 32 heavy (non-hydrogen) atoms. The molecule has 172 valence electrons. The molecular weight excluding hydrogens is 398 g/mol. The van der Waals surface area contributed by atoms with E-state index in [1.54, 1.807) is 0 Å². The number of piperazine rings is 1. The average Bonchev–Trinajstić information content (AvgIpc) is 2.78. The number of aromatic nitrogens is 2. The monoisotopic (exact) mass is 435 g/mol. The SMILES string of the molecule is C=C(N[C@H](C)C(C)C)N1CCc2ccc(-c3cc(N4CCN(C)CC4)nc(N)n3)cc2C1. The minimum absolute atomic E-state index is 0.330. The van der Waals surface area contributed by atoms with Crippen molar-refractivity contribution >= 4 is 11.8 Å². The maximum Gasteiger partial charge on any atom is 0.222 e. The summed E-state index contributed by atoms with van der Waals surface area (Å²) in [6.07, 6.45) is 1.02. The highest BCUT2D eigenvalue weighted by Crippen LogP contribution is 2.29. The van der Waals surface area contributed by atoms with Crippen LogP contribution in [0.2, 0.25) is 0 Å². The highest BCUT2D eigenvalue weighted by atomic mass is 15.3. The predicted octanol–water partition coefficient (Wildman–Crippen LogP) is 2.94. The van der Waals surface area contributed by atoms with Crippen molar-refractivity contribution < 1.29 is 0 Å². The van der Waals surface area contributed by atoms with Crippen LogP contribution in [0.15, 0.2) is 36.7 Å². The number of nitrogens with two attached hydrogens (primary N) is 1. The van der Waals surface area contributed by atoms with Crippen molar-refractivity contribution in [3.05, 3.63) is 47.8 Å². The van der Waals surface area contributed by atoms with Crippen molar-refractivity contribution in [2.45, 2.75) is 39.8 Å². The summed E-state index contributed by atoms with van der Waals surface area (Å²) in [4.78, 5) is 16.1. The zero-order chi connectivity index (χ0) is 22.8. The van der Waals surface area contributed by atoms with E-state index in [9.17, 15) is 0 Å². The maximum atomic E-state index is 6.11. The van der Waals surface area contributed by atoms with Gasteiger partial charge in [0.25, 0.3) is 0 Å². The Morgan fingerprint density at radius 3 is 2.50 bits per heavy atom. The van der Waals surface area contributed by atoms with Gasteiger partial charge in [-0.25, -0.2) is 4.98 Å². The third-order valence-electron chi connectivity index (χ3n) is 6.85. The van der Waals surface area contributed by atoms with E-state index >= 15 is 0 Å². The Bertz CT molecular complexity index is 963. The Morgan fingerprint density at radius 2 is 1.78 bits per heavy atom. The van der Waals surface area contributed by atoms with Gasteiger partial charge in [0.05, 0.1) is 11.5 Å². The lowest BCUT2D eigenvalue weighted by molar-refractivity contribution is 0.281. The lowest BCUT2D eigenvalue weighted by atomic mass is 9.96. The molecule has 0 bridgehead atoms. The summed E-state index contributed by atoms with van der Waals surface area (Å²) in [6, 6.07) is 9.14. The number of anilines is 2. The van der Waals surface area contributed by atoms with Gasteiger partial charge >= 0.3 is 0 Å². The molecule has 2 aromatic rings. The number of benzene rings is 1. The Kier molecular flexibility index (Phi) is 6.55.